The Balaban J connectivity index is 2.98. The van der Waals surface area contributed by atoms with Crippen LogP contribution >= 0.6 is 0 Å². The van der Waals surface area contributed by atoms with Crippen molar-refractivity contribution in [1.29, 1.82) is 0 Å². The molecule has 5 heteroatoms. The molecule has 0 radical (unpaired) electrons. The van der Waals surface area contributed by atoms with Crippen molar-refractivity contribution in [2.75, 3.05) is 6.61 Å². The van der Waals surface area contributed by atoms with E-state index in [0.717, 1.165) is 0 Å². The van der Waals surface area contributed by atoms with E-state index in [1.807, 2.05) is 39.8 Å². The van der Waals surface area contributed by atoms with Gasteiger partial charge in [0.1, 0.15) is 17.4 Å². The van der Waals surface area contributed by atoms with E-state index < -0.39 is 23.5 Å². The van der Waals surface area contributed by atoms with Crippen LogP contribution in [0.15, 0.2) is 12.2 Å². The zero-order chi connectivity index (χ0) is 14.8. The fourth-order valence-corrected chi connectivity index (χ4v) is 2.22. The first-order valence-electron chi connectivity index (χ1n) is 6.56. The van der Waals surface area contributed by atoms with Crippen LogP contribution in [0, 0.1) is 0 Å². The number of carbonyl (C=O) groups is 1. The summed E-state index contributed by atoms with van der Waals surface area (Å²) in [5.74, 6) is 0. The highest BCUT2D eigenvalue weighted by molar-refractivity contribution is 5.70. The number of aliphatic hydroxyl groups is 1. The van der Waals surface area contributed by atoms with E-state index in [0.29, 0.717) is 0 Å². The molecule has 1 saturated heterocycles. The van der Waals surface area contributed by atoms with Crippen molar-refractivity contribution >= 4 is 6.09 Å². The number of nitrogens with zero attached hydrogens (tertiary/aromatic N) is 1. The molecule has 0 aromatic rings. The highest BCUT2D eigenvalue weighted by Gasteiger charge is 2.50. The lowest BCUT2D eigenvalue weighted by Crippen LogP contribution is -2.51. The highest BCUT2D eigenvalue weighted by Crippen LogP contribution is 2.34. The summed E-state index contributed by atoms with van der Waals surface area (Å²) in [4.78, 5) is 13.8. The van der Waals surface area contributed by atoms with Gasteiger partial charge in [-0.25, -0.2) is 4.79 Å². The Kier molecular flexibility index (Phi) is 4.63. The van der Waals surface area contributed by atoms with Crippen LogP contribution in [-0.2, 0) is 9.47 Å². The molecule has 19 heavy (non-hydrogen) atoms. The van der Waals surface area contributed by atoms with Gasteiger partial charge < -0.3 is 14.6 Å². The molecule has 0 aromatic heterocycles. The van der Waals surface area contributed by atoms with Crippen LogP contribution in [0.1, 0.15) is 41.5 Å². The molecule has 0 saturated carbocycles. The van der Waals surface area contributed by atoms with Crippen molar-refractivity contribution in [3.05, 3.63) is 12.2 Å². The number of carbonyl (C=O) groups excluding carboxylic acids is 1. The Morgan fingerprint density at radius 1 is 1.47 bits per heavy atom. The Morgan fingerprint density at radius 2 is 2.05 bits per heavy atom. The van der Waals surface area contributed by atoms with Crippen molar-refractivity contribution in [1.82, 2.24) is 4.90 Å². The van der Waals surface area contributed by atoms with Crippen molar-refractivity contribution in [3.63, 3.8) is 0 Å². The fraction of sp³-hybridized carbons (Fsp3) is 0.786. The molecular weight excluding hydrogens is 246 g/mol. The average Bonchev–Trinajstić information content (AvgIpc) is 2.46. The molecule has 1 aliphatic rings. The zero-order valence-corrected chi connectivity index (χ0v) is 12.6. The van der Waals surface area contributed by atoms with E-state index in [1.54, 1.807) is 13.8 Å². The normalized spacial score (nSPS) is 27.0. The molecule has 5 nitrogen and oxygen atoms in total. The maximum absolute atomic E-state index is 12.3. The van der Waals surface area contributed by atoms with Crippen LogP contribution in [-0.4, -0.2) is 46.2 Å². The standard InChI is InChI=1S/C14H25NO4/c1-7-8-11-10(9-16)15(14(5,6)18-11)12(17)19-13(2,3)4/h7-8,10-11,16H,9H2,1-6H3/b8-7+/t10-,11+/m0/s1. The molecule has 1 aliphatic heterocycles. The predicted octanol–water partition coefficient (Wildman–Crippen LogP) is 2.30. The summed E-state index contributed by atoms with van der Waals surface area (Å²) < 4.78 is 11.2. The monoisotopic (exact) mass is 271 g/mol. The Morgan fingerprint density at radius 3 is 2.47 bits per heavy atom. The zero-order valence-electron chi connectivity index (χ0n) is 12.6. The summed E-state index contributed by atoms with van der Waals surface area (Å²) in [5.41, 5.74) is -1.38. The number of hydrogen-bond acceptors (Lipinski definition) is 4. The minimum atomic E-state index is -0.806. The molecule has 1 N–H and O–H groups in total. The lowest BCUT2D eigenvalue weighted by atomic mass is 10.1. The summed E-state index contributed by atoms with van der Waals surface area (Å²) in [6, 6.07) is -0.430. The SMILES string of the molecule is C/C=C/[C@H]1OC(C)(C)N(C(=O)OC(C)(C)C)[C@H]1CO. The van der Waals surface area contributed by atoms with E-state index in [1.165, 1.54) is 4.90 Å². The molecule has 110 valence electrons. The van der Waals surface area contributed by atoms with Crippen LogP contribution < -0.4 is 0 Å². The second kappa shape index (κ2) is 5.51. The Hall–Kier alpha value is -1.07. The fourth-order valence-electron chi connectivity index (χ4n) is 2.22. The van der Waals surface area contributed by atoms with E-state index in [-0.39, 0.29) is 12.7 Å². The van der Waals surface area contributed by atoms with E-state index >= 15 is 0 Å². The molecule has 0 aliphatic carbocycles. The van der Waals surface area contributed by atoms with Gasteiger partial charge in [0.25, 0.3) is 0 Å². The van der Waals surface area contributed by atoms with E-state index in [4.69, 9.17) is 9.47 Å². The molecule has 0 spiro atoms. The summed E-state index contributed by atoms with van der Waals surface area (Å²) in [5, 5.41) is 9.55. The van der Waals surface area contributed by atoms with Gasteiger partial charge in [-0.2, -0.15) is 0 Å². The highest BCUT2D eigenvalue weighted by atomic mass is 16.6. The van der Waals surface area contributed by atoms with Gasteiger partial charge >= 0.3 is 6.09 Å². The molecular formula is C14H25NO4. The van der Waals surface area contributed by atoms with Gasteiger partial charge in [-0.1, -0.05) is 12.2 Å². The molecule has 1 heterocycles. The lowest BCUT2D eigenvalue weighted by molar-refractivity contribution is -0.0724. The molecule has 0 bridgehead atoms. The van der Waals surface area contributed by atoms with Crippen LogP contribution in [0.3, 0.4) is 0 Å². The molecule has 1 rings (SSSR count). The number of ether oxygens (including phenoxy) is 2. The second-order valence-electron chi connectivity index (χ2n) is 6.16. The third kappa shape index (κ3) is 3.70. The first-order valence-corrected chi connectivity index (χ1v) is 6.56. The van der Waals surface area contributed by atoms with Crippen LogP contribution in [0.2, 0.25) is 0 Å². The van der Waals surface area contributed by atoms with Crippen molar-refractivity contribution < 1.29 is 19.4 Å². The molecule has 1 fully saturated rings. The predicted molar refractivity (Wildman–Crippen MR) is 72.7 cm³/mol. The Bertz CT molecular complexity index is 357. The van der Waals surface area contributed by atoms with Crippen LogP contribution in [0.25, 0.3) is 0 Å². The summed E-state index contributed by atoms with van der Waals surface area (Å²) in [7, 11) is 0. The number of hydrogen-bond donors (Lipinski definition) is 1. The first-order chi connectivity index (χ1) is 8.62. The van der Waals surface area contributed by atoms with Gasteiger partial charge in [-0.05, 0) is 41.5 Å². The van der Waals surface area contributed by atoms with Gasteiger partial charge in [0, 0.05) is 0 Å². The van der Waals surface area contributed by atoms with Crippen molar-refractivity contribution in [2.24, 2.45) is 0 Å². The number of rotatable bonds is 2. The molecule has 1 amide bonds. The third-order valence-electron chi connectivity index (χ3n) is 2.87. The largest absolute Gasteiger partial charge is 0.444 e. The summed E-state index contributed by atoms with van der Waals surface area (Å²) in [6.45, 7) is 10.7. The van der Waals surface area contributed by atoms with Crippen molar-refractivity contribution in [3.8, 4) is 0 Å². The minimum absolute atomic E-state index is 0.169. The van der Waals surface area contributed by atoms with Crippen LogP contribution in [0.4, 0.5) is 4.79 Å². The topological polar surface area (TPSA) is 59.0 Å². The number of aliphatic hydroxyl groups excluding tert-OH is 1. The van der Waals surface area contributed by atoms with Gasteiger partial charge in [0.2, 0.25) is 0 Å². The molecule has 0 aromatic carbocycles. The second-order valence-corrected chi connectivity index (χ2v) is 6.16. The number of amides is 1. The first kappa shape index (κ1) is 16.0. The van der Waals surface area contributed by atoms with Gasteiger partial charge in [0.05, 0.1) is 12.6 Å². The molecule has 0 unspecified atom stereocenters. The third-order valence-corrected chi connectivity index (χ3v) is 2.87. The maximum atomic E-state index is 12.3. The van der Waals surface area contributed by atoms with Gasteiger partial charge in [-0.3, -0.25) is 4.90 Å². The summed E-state index contributed by atoms with van der Waals surface area (Å²) >= 11 is 0. The van der Waals surface area contributed by atoms with Crippen LogP contribution in [0.5, 0.6) is 0 Å². The number of allylic oxidation sites excluding steroid dienone is 1. The molecule has 2 atom stereocenters. The average molecular weight is 271 g/mol. The maximum Gasteiger partial charge on any atom is 0.413 e. The lowest BCUT2D eigenvalue weighted by Gasteiger charge is -2.34. The van der Waals surface area contributed by atoms with E-state index in [9.17, 15) is 9.90 Å². The summed E-state index contributed by atoms with van der Waals surface area (Å²) in [6.07, 6.45) is 2.90. The van der Waals surface area contributed by atoms with Gasteiger partial charge in [-0.15, -0.1) is 0 Å². The smallest absolute Gasteiger partial charge is 0.413 e. The van der Waals surface area contributed by atoms with E-state index in [2.05, 4.69) is 0 Å². The Labute approximate surface area is 115 Å². The van der Waals surface area contributed by atoms with Gasteiger partial charge in [0.15, 0.2) is 0 Å². The minimum Gasteiger partial charge on any atom is -0.444 e. The quantitative estimate of drug-likeness (QED) is 0.783. The van der Waals surface area contributed by atoms with Crippen molar-refractivity contribution in [2.45, 2.75) is 65.0 Å².